The molecule has 0 atom stereocenters. The van der Waals surface area contributed by atoms with Crippen LogP contribution in [0, 0.1) is 5.82 Å². The lowest BCUT2D eigenvalue weighted by Crippen LogP contribution is -2.08. The smallest absolute Gasteiger partial charge is 0.420 e. The first-order chi connectivity index (χ1) is 9.27. The van der Waals surface area contributed by atoms with E-state index in [1.165, 1.54) is 12.3 Å². The molecule has 0 amide bonds. The highest BCUT2D eigenvalue weighted by Gasteiger charge is 2.35. The van der Waals surface area contributed by atoms with E-state index in [0.29, 0.717) is 10.5 Å². The highest BCUT2D eigenvalue weighted by Crippen LogP contribution is 2.39. The number of halogens is 5. The lowest BCUT2D eigenvalue weighted by molar-refractivity contribution is -0.138. The molecule has 2 rings (SSSR count). The maximum Gasteiger partial charge on any atom is 0.420 e. The van der Waals surface area contributed by atoms with Gasteiger partial charge in [-0.05, 0) is 40.2 Å². The van der Waals surface area contributed by atoms with Crippen molar-refractivity contribution in [1.82, 2.24) is 4.98 Å². The Hall–Kier alpha value is -1.83. The maximum atomic E-state index is 13.5. The molecule has 0 aliphatic heterocycles. The normalized spacial score (nSPS) is 11.4. The second-order valence-corrected chi connectivity index (χ2v) is 4.71. The van der Waals surface area contributed by atoms with Gasteiger partial charge in [-0.25, -0.2) is 9.37 Å². The maximum absolute atomic E-state index is 13.5. The molecule has 0 aliphatic carbocycles. The number of hydrogen-bond acceptors (Lipinski definition) is 3. The van der Waals surface area contributed by atoms with Crippen LogP contribution in [-0.2, 0) is 6.18 Å². The molecule has 0 unspecified atom stereocenters. The van der Waals surface area contributed by atoms with Gasteiger partial charge in [-0.2, -0.15) is 13.2 Å². The summed E-state index contributed by atoms with van der Waals surface area (Å²) in [5, 5.41) is 0. The molecule has 0 spiro atoms. The predicted molar refractivity (Wildman–Crippen MR) is 67.8 cm³/mol. The van der Waals surface area contributed by atoms with Crippen LogP contribution in [0.3, 0.4) is 0 Å². The number of rotatable bonds is 2. The average Bonchev–Trinajstić information content (AvgIpc) is 2.33. The van der Waals surface area contributed by atoms with Crippen LogP contribution >= 0.6 is 15.9 Å². The number of pyridine rings is 1. The summed E-state index contributed by atoms with van der Waals surface area (Å²) in [5.41, 5.74) is 4.15. The van der Waals surface area contributed by atoms with Crippen LogP contribution in [0.4, 0.5) is 23.2 Å². The predicted octanol–water partition coefficient (Wildman–Crippen LogP) is 4.38. The van der Waals surface area contributed by atoms with E-state index in [9.17, 15) is 17.6 Å². The number of nitrogen functional groups attached to an aromatic ring is 1. The van der Waals surface area contributed by atoms with Crippen molar-refractivity contribution in [1.29, 1.82) is 0 Å². The van der Waals surface area contributed by atoms with Gasteiger partial charge < -0.3 is 10.5 Å². The van der Waals surface area contributed by atoms with Gasteiger partial charge in [-0.15, -0.1) is 0 Å². The topological polar surface area (TPSA) is 48.1 Å². The molecule has 1 heterocycles. The molecule has 0 bridgehead atoms. The fourth-order valence-corrected chi connectivity index (χ4v) is 1.74. The van der Waals surface area contributed by atoms with Crippen molar-refractivity contribution < 1.29 is 22.3 Å². The van der Waals surface area contributed by atoms with Gasteiger partial charge in [0.15, 0.2) is 5.82 Å². The van der Waals surface area contributed by atoms with E-state index in [4.69, 9.17) is 10.5 Å². The number of benzene rings is 1. The van der Waals surface area contributed by atoms with Crippen LogP contribution < -0.4 is 10.5 Å². The van der Waals surface area contributed by atoms with Gasteiger partial charge in [-0.3, -0.25) is 0 Å². The summed E-state index contributed by atoms with van der Waals surface area (Å²) in [6.07, 6.45) is -3.46. The van der Waals surface area contributed by atoms with Gasteiger partial charge in [0.1, 0.15) is 11.3 Å². The van der Waals surface area contributed by atoms with E-state index >= 15 is 0 Å². The minimum atomic E-state index is -4.67. The molecular weight excluding hydrogens is 344 g/mol. The Kier molecular flexibility index (Phi) is 3.85. The Morgan fingerprint density at radius 2 is 1.90 bits per heavy atom. The standard InChI is InChI=1S/C12H7BrF4N2O/c13-6-3-9(14)11(19-5-6)20-10-2-1-7(18)4-8(10)12(15,16)17/h1-5H,18H2. The number of nitrogens with two attached hydrogens (primary N) is 1. The number of anilines is 1. The van der Waals surface area contributed by atoms with E-state index < -0.39 is 29.2 Å². The third-order valence-electron chi connectivity index (χ3n) is 2.29. The lowest BCUT2D eigenvalue weighted by Gasteiger charge is -2.14. The monoisotopic (exact) mass is 350 g/mol. The van der Waals surface area contributed by atoms with Gasteiger partial charge in [0.2, 0.25) is 0 Å². The van der Waals surface area contributed by atoms with Crippen LogP contribution in [0.2, 0.25) is 0 Å². The molecule has 8 heteroatoms. The molecule has 0 aliphatic rings. The average molecular weight is 351 g/mol. The molecule has 1 aromatic carbocycles. The Bertz CT molecular complexity index is 646. The van der Waals surface area contributed by atoms with E-state index in [-0.39, 0.29) is 5.69 Å². The zero-order valence-electron chi connectivity index (χ0n) is 9.71. The SMILES string of the molecule is Nc1ccc(Oc2ncc(Br)cc2F)c(C(F)(F)F)c1. The summed E-state index contributed by atoms with van der Waals surface area (Å²) in [5.74, 6) is -2.01. The van der Waals surface area contributed by atoms with E-state index in [1.807, 2.05) is 0 Å². The number of ether oxygens (including phenoxy) is 1. The lowest BCUT2D eigenvalue weighted by atomic mass is 10.1. The molecule has 20 heavy (non-hydrogen) atoms. The largest absolute Gasteiger partial charge is 0.436 e. The molecule has 0 saturated heterocycles. The van der Waals surface area contributed by atoms with Gasteiger partial charge in [0.05, 0.1) is 0 Å². The van der Waals surface area contributed by atoms with Gasteiger partial charge >= 0.3 is 6.18 Å². The summed E-state index contributed by atoms with van der Waals surface area (Å²) < 4.78 is 57.3. The van der Waals surface area contributed by atoms with Gasteiger partial charge in [0, 0.05) is 16.4 Å². The van der Waals surface area contributed by atoms with Crippen molar-refractivity contribution in [3.05, 3.63) is 46.3 Å². The van der Waals surface area contributed by atoms with Crippen molar-refractivity contribution in [2.75, 3.05) is 5.73 Å². The van der Waals surface area contributed by atoms with E-state index in [1.54, 1.807) is 0 Å². The number of aromatic nitrogens is 1. The zero-order chi connectivity index (χ0) is 14.9. The zero-order valence-corrected chi connectivity index (χ0v) is 11.3. The summed E-state index contributed by atoms with van der Waals surface area (Å²) in [4.78, 5) is 3.58. The van der Waals surface area contributed by atoms with Crippen molar-refractivity contribution in [3.63, 3.8) is 0 Å². The van der Waals surface area contributed by atoms with Crippen LogP contribution in [0.1, 0.15) is 5.56 Å². The van der Waals surface area contributed by atoms with E-state index in [0.717, 1.165) is 12.1 Å². The van der Waals surface area contributed by atoms with Crippen LogP contribution in [-0.4, -0.2) is 4.98 Å². The third-order valence-corrected chi connectivity index (χ3v) is 2.72. The molecule has 0 fully saturated rings. The minimum Gasteiger partial charge on any atom is -0.436 e. The number of hydrogen-bond donors (Lipinski definition) is 1. The van der Waals surface area contributed by atoms with Crippen LogP contribution in [0.15, 0.2) is 34.9 Å². The van der Waals surface area contributed by atoms with E-state index in [2.05, 4.69) is 20.9 Å². The Balaban J connectivity index is 2.43. The highest BCUT2D eigenvalue weighted by atomic mass is 79.9. The quantitative estimate of drug-likeness (QED) is 0.645. The molecule has 0 saturated carbocycles. The minimum absolute atomic E-state index is 0.0751. The summed E-state index contributed by atoms with van der Waals surface area (Å²) >= 11 is 2.98. The van der Waals surface area contributed by atoms with Crippen LogP contribution in [0.5, 0.6) is 11.6 Å². The van der Waals surface area contributed by atoms with Crippen LogP contribution in [0.25, 0.3) is 0 Å². The second-order valence-electron chi connectivity index (χ2n) is 3.80. The van der Waals surface area contributed by atoms with Crippen molar-refractivity contribution in [2.45, 2.75) is 6.18 Å². The van der Waals surface area contributed by atoms with Gasteiger partial charge in [-0.1, -0.05) is 0 Å². The fraction of sp³-hybridized carbons (Fsp3) is 0.0833. The Morgan fingerprint density at radius 3 is 2.50 bits per heavy atom. The molecule has 0 radical (unpaired) electrons. The summed E-state index contributed by atoms with van der Waals surface area (Å²) in [6, 6.07) is 3.99. The summed E-state index contributed by atoms with van der Waals surface area (Å²) in [6.45, 7) is 0. The Labute approximate surface area is 119 Å². The van der Waals surface area contributed by atoms with Gasteiger partial charge in [0.25, 0.3) is 5.88 Å². The second kappa shape index (κ2) is 5.28. The molecule has 2 N–H and O–H groups in total. The van der Waals surface area contributed by atoms with Crippen molar-refractivity contribution in [2.24, 2.45) is 0 Å². The molecule has 3 nitrogen and oxygen atoms in total. The summed E-state index contributed by atoms with van der Waals surface area (Å²) in [7, 11) is 0. The fourth-order valence-electron chi connectivity index (χ4n) is 1.44. The first-order valence-electron chi connectivity index (χ1n) is 5.23. The molecular formula is C12H7BrF4N2O. The molecule has 1 aromatic heterocycles. The molecule has 106 valence electrons. The van der Waals surface area contributed by atoms with Crippen molar-refractivity contribution in [3.8, 4) is 11.6 Å². The number of nitrogens with zero attached hydrogens (tertiary/aromatic N) is 1. The first kappa shape index (κ1) is 14.6. The highest BCUT2D eigenvalue weighted by molar-refractivity contribution is 9.10. The third kappa shape index (κ3) is 3.19. The molecule has 2 aromatic rings. The number of alkyl halides is 3. The Morgan fingerprint density at radius 1 is 1.20 bits per heavy atom. The first-order valence-corrected chi connectivity index (χ1v) is 6.02. The van der Waals surface area contributed by atoms with Crippen molar-refractivity contribution >= 4 is 21.6 Å².